The average molecular weight is 850 g/mol. The van der Waals surface area contributed by atoms with Crippen LogP contribution in [0.25, 0.3) is 0 Å². The summed E-state index contributed by atoms with van der Waals surface area (Å²) in [6.07, 6.45) is 56.5. The Bertz CT molecular complexity index is 852. The van der Waals surface area contributed by atoms with Crippen molar-refractivity contribution in [3.8, 4) is 0 Å². The van der Waals surface area contributed by atoms with Crippen molar-refractivity contribution in [3.05, 3.63) is 0 Å². The molecule has 0 radical (unpaired) electrons. The Morgan fingerprint density at radius 3 is 1.02 bits per heavy atom. The van der Waals surface area contributed by atoms with Crippen molar-refractivity contribution in [2.75, 3.05) is 13.2 Å². The van der Waals surface area contributed by atoms with E-state index in [-0.39, 0.29) is 18.5 Å². The summed E-state index contributed by atoms with van der Waals surface area (Å²) in [7, 11) is 0. The van der Waals surface area contributed by atoms with E-state index in [1.165, 1.54) is 218 Å². The highest BCUT2D eigenvalue weighted by atomic mass is 16.5. The molecule has 0 saturated heterocycles. The standard InChI is InChI=1S/C54H107NO5/c1-3-5-7-9-11-13-15-17-19-21-22-24-26-28-32-36-40-44-48-54(59)60-49-45-41-37-33-29-31-35-39-43-47-53(58)55-51(50-56)52(57)46-42-38-34-30-27-25-23-20-18-16-14-12-10-8-6-4-2/h51-52,56-57H,3-50H2,1-2H3,(H,55,58). The van der Waals surface area contributed by atoms with E-state index >= 15 is 0 Å². The van der Waals surface area contributed by atoms with Gasteiger partial charge in [0.25, 0.3) is 0 Å². The molecular weight excluding hydrogens is 743 g/mol. The number of rotatable bonds is 51. The van der Waals surface area contributed by atoms with Gasteiger partial charge in [-0.3, -0.25) is 9.59 Å². The van der Waals surface area contributed by atoms with Crippen molar-refractivity contribution in [2.45, 2.75) is 321 Å². The van der Waals surface area contributed by atoms with Crippen LogP contribution in [-0.4, -0.2) is 47.4 Å². The molecule has 60 heavy (non-hydrogen) atoms. The van der Waals surface area contributed by atoms with Crippen LogP contribution in [0.15, 0.2) is 0 Å². The number of esters is 1. The fraction of sp³-hybridized carbons (Fsp3) is 0.963. The SMILES string of the molecule is CCCCCCCCCCCCCCCCCCCCC(=O)OCCCCCCCCCCCC(=O)NC(CO)C(O)CCCCCCCCCCCCCCCCCC. The average Bonchev–Trinajstić information content (AvgIpc) is 3.25. The first-order chi connectivity index (χ1) is 29.5. The van der Waals surface area contributed by atoms with Crippen molar-refractivity contribution in [3.63, 3.8) is 0 Å². The van der Waals surface area contributed by atoms with Gasteiger partial charge in [0, 0.05) is 12.8 Å². The lowest BCUT2D eigenvalue weighted by molar-refractivity contribution is -0.143. The quantitative estimate of drug-likeness (QED) is 0.0418. The Morgan fingerprint density at radius 2 is 0.683 bits per heavy atom. The molecule has 0 aromatic carbocycles. The van der Waals surface area contributed by atoms with Gasteiger partial charge in [-0.2, -0.15) is 0 Å². The zero-order valence-corrected chi connectivity index (χ0v) is 40.7. The number of nitrogens with one attached hydrogen (secondary N) is 1. The lowest BCUT2D eigenvalue weighted by Gasteiger charge is -2.22. The highest BCUT2D eigenvalue weighted by Gasteiger charge is 2.20. The van der Waals surface area contributed by atoms with E-state index in [0.717, 1.165) is 57.8 Å². The van der Waals surface area contributed by atoms with E-state index in [1.54, 1.807) is 0 Å². The summed E-state index contributed by atoms with van der Waals surface area (Å²) >= 11 is 0. The maximum Gasteiger partial charge on any atom is 0.305 e. The van der Waals surface area contributed by atoms with Crippen molar-refractivity contribution in [1.82, 2.24) is 5.32 Å². The van der Waals surface area contributed by atoms with Crippen LogP contribution >= 0.6 is 0 Å². The van der Waals surface area contributed by atoms with Crippen LogP contribution < -0.4 is 5.32 Å². The van der Waals surface area contributed by atoms with Crippen LogP contribution in [0.3, 0.4) is 0 Å². The summed E-state index contributed by atoms with van der Waals surface area (Å²) in [5.41, 5.74) is 0. The van der Waals surface area contributed by atoms with Gasteiger partial charge in [0.2, 0.25) is 5.91 Å². The second kappa shape index (κ2) is 50.5. The summed E-state index contributed by atoms with van der Waals surface area (Å²) in [5.74, 6) is -0.0787. The van der Waals surface area contributed by atoms with E-state index in [0.29, 0.717) is 25.9 Å². The molecule has 0 aromatic rings. The lowest BCUT2D eigenvalue weighted by Crippen LogP contribution is -2.45. The Morgan fingerprint density at radius 1 is 0.400 bits per heavy atom. The van der Waals surface area contributed by atoms with Gasteiger partial charge in [0.1, 0.15) is 0 Å². The highest BCUT2D eigenvalue weighted by Crippen LogP contribution is 2.17. The molecule has 2 unspecified atom stereocenters. The molecule has 0 aliphatic heterocycles. The number of aliphatic hydroxyl groups is 2. The van der Waals surface area contributed by atoms with E-state index in [4.69, 9.17) is 4.74 Å². The van der Waals surface area contributed by atoms with E-state index in [1.807, 2.05) is 0 Å². The molecular formula is C54H107NO5. The number of hydrogen-bond acceptors (Lipinski definition) is 5. The second-order valence-corrected chi connectivity index (χ2v) is 18.9. The minimum Gasteiger partial charge on any atom is -0.466 e. The largest absolute Gasteiger partial charge is 0.466 e. The first kappa shape index (κ1) is 58.9. The highest BCUT2D eigenvalue weighted by molar-refractivity contribution is 5.76. The summed E-state index contributed by atoms with van der Waals surface area (Å²) in [4.78, 5) is 24.5. The van der Waals surface area contributed by atoms with Crippen molar-refractivity contribution in [2.24, 2.45) is 0 Å². The van der Waals surface area contributed by atoms with Crippen molar-refractivity contribution in [1.29, 1.82) is 0 Å². The third-order valence-corrected chi connectivity index (χ3v) is 12.9. The Hall–Kier alpha value is -1.14. The first-order valence-corrected chi connectivity index (χ1v) is 27.3. The Labute approximate surface area is 375 Å². The van der Waals surface area contributed by atoms with Crippen LogP contribution in [0.1, 0.15) is 309 Å². The third kappa shape index (κ3) is 46.4. The topological polar surface area (TPSA) is 95.9 Å². The van der Waals surface area contributed by atoms with Gasteiger partial charge >= 0.3 is 5.97 Å². The zero-order valence-electron chi connectivity index (χ0n) is 40.7. The molecule has 0 rings (SSSR count). The van der Waals surface area contributed by atoms with E-state index in [2.05, 4.69) is 19.2 Å². The van der Waals surface area contributed by atoms with Crippen molar-refractivity contribution >= 4 is 11.9 Å². The van der Waals surface area contributed by atoms with Gasteiger partial charge in [-0.15, -0.1) is 0 Å². The lowest BCUT2D eigenvalue weighted by atomic mass is 10.0. The van der Waals surface area contributed by atoms with Crippen LogP contribution in [0, 0.1) is 0 Å². The molecule has 358 valence electrons. The molecule has 0 aliphatic carbocycles. The van der Waals surface area contributed by atoms with Gasteiger partial charge in [-0.1, -0.05) is 271 Å². The third-order valence-electron chi connectivity index (χ3n) is 12.9. The van der Waals surface area contributed by atoms with Gasteiger partial charge < -0.3 is 20.3 Å². The fourth-order valence-electron chi connectivity index (χ4n) is 8.70. The number of carbonyl (C=O) groups is 2. The number of aliphatic hydroxyl groups excluding tert-OH is 2. The number of unbranched alkanes of at least 4 members (excludes halogenated alkanes) is 40. The maximum atomic E-state index is 12.5. The minimum atomic E-state index is -0.680. The molecule has 6 heteroatoms. The van der Waals surface area contributed by atoms with Crippen molar-refractivity contribution < 1.29 is 24.5 Å². The minimum absolute atomic E-state index is 0.0196. The predicted molar refractivity (Wildman–Crippen MR) is 260 cm³/mol. The first-order valence-electron chi connectivity index (χ1n) is 27.3. The van der Waals surface area contributed by atoms with E-state index < -0.39 is 12.1 Å². The van der Waals surface area contributed by atoms with Gasteiger partial charge in [0.15, 0.2) is 0 Å². The summed E-state index contributed by atoms with van der Waals surface area (Å²) in [5, 5.41) is 23.2. The molecule has 3 N–H and O–H groups in total. The predicted octanol–water partition coefficient (Wildman–Crippen LogP) is 16.4. The smallest absolute Gasteiger partial charge is 0.305 e. The molecule has 0 bridgehead atoms. The number of ether oxygens (including phenoxy) is 1. The fourth-order valence-corrected chi connectivity index (χ4v) is 8.70. The number of carbonyl (C=O) groups excluding carboxylic acids is 2. The van der Waals surface area contributed by atoms with Gasteiger partial charge in [0.05, 0.1) is 25.4 Å². The molecule has 0 aliphatic rings. The van der Waals surface area contributed by atoms with Gasteiger partial charge in [-0.05, 0) is 25.7 Å². The van der Waals surface area contributed by atoms with Crippen LogP contribution in [-0.2, 0) is 14.3 Å². The van der Waals surface area contributed by atoms with Crippen LogP contribution in [0.5, 0.6) is 0 Å². The zero-order chi connectivity index (χ0) is 43.7. The van der Waals surface area contributed by atoms with Crippen LogP contribution in [0.2, 0.25) is 0 Å². The molecule has 0 spiro atoms. The monoisotopic (exact) mass is 850 g/mol. The molecule has 0 saturated carbocycles. The summed E-state index contributed by atoms with van der Waals surface area (Å²) < 4.78 is 5.47. The van der Waals surface area contributed by atoms with E-state index in [9.17, 15) is 19.8 Å². The molecule has 1 amide bonds. The molecule has 6 nitrogen and oxygen atoms in total. The Kier molecular flexibility index (Phi) is 49.5. The number of amides is 1. The van der Waals surface area contributed by atoms with Gasteiger partial charge in [-0.25, -0.2) is 0 Å². The molecule has 0 fully saturated rings. The van der Waals surface area contributed by atoms with Crippen LogP contribution in [0.4, 0.5) is 0 Å². The summed E-state index contributed by atoms with van der Waals surface area (Å²) in [6.45, 7) is 4.92. The number of hydrogen-bond donors (Lipinski definition) is 3. The second-order valence-electron chi connectivity index (χ2n) is 18.9. The molecule has 0 heterocycles. The summed E-state index contributed by atoms with van der Waals surface area (Å²) in [6, 6.07) is -0.559. The molecule has 0 aromatic heterocycles. The molecule has 2 atom stereocenters. The normalized spacial score (nSPS) is 12.5. The maximum absolute atomic E-state index is 12.5. The Balaban J connectivity index is 3.45.